The first kappa shape index (κ1) is 21.5. The highest BCUT2D eigenvalue weighted by Crippen LogP contribution is 2.34. The molecule has 0 unspecified atom stereocenters. The van der Waals surface area contributed by atoms with Gasteiger partial charge in [-0.1, -0.05) is 54.7 Å². The van der Waals surface area contributed by atoms with E-state index >= 15 is 0 Å². The van der Waals surface area contributed by atoms with Crippen LogP contribution in [-0.4, -0.2) is 18.5 Å². The van der Waals surface area contributed by atoms with E-state index in [1.54, 1.807) is 12.1 Å². The van der Waals surface area contributed by atoms with Gasteiger partial charge in [0.25, 0.3) is 0 Å². The smallest absolute Gasteiger partial charge is 0.343 e. The van der Waals surface area contributed by atoms with Gasteiger partial charge in [-0.05, 0) is 43.0 Å². The summed E-state index contributed by atoms with van der Waals surface area (Å²) in [5, 5.41) is 0.615. The lowest BCUT2D eigenvalue weighted by atomic mass is 10.1. The third kappa shape index (κ3) is 6.42. The summed E-state index contributed by atoms with van der Waals surface area (Å²) in [5.74, 6) is -0.529. The summed E-state index contributed by atoms with van der Waals surface area (Å²) >= 11 is 17.8. The average molecular weight is 430 g/mol. The topological polar surface area (TPSA) is 52.6 Å². The lowest BCUT2D eigenvalue weighted by Crippen LogP contribution is -2.12. The van der Waals surface area contributed by atoms with Crippen LogP contribution in [0.3, 0.4) is 0 Å². The van der Waals surface area contributed by atoms with Crippen LogP contribution in [0.2, 0.25) is 15.1 Å². The van der Waals surface area contributed by atoms with Gasteiger partial charge in [0, 0.05) is 6.07 Å². The Labute approximate surface area is 173 Å². The molecule has 0 saturated heterocycles. The summed E-state index contributed by atoms with van der Waals surface area (Å²) in [6, 6.07) is 8.85. The Morgan fingerprint density at radius 3 is 2.22 bits per heavy atom. The molecule has 0 spiro atoms. The molecule has 2 rings (SSSR count). The van der Waals surface area contributed by atoms with Gasteiger partial charge in [0.05, 0.1) is 32.8 Å². The highest BCUT2D eigenvalue weighted by atomic mass is 35.5. The first-order valence-corrected chi connectivity index (χ1v) is 9.55. The standard InChI is InChI=1S/C20H19Cl3O4/c1-12(2)5-4-8-26-19(24)13-6-3-7-14(9-13)20(25)27-18-11-16(22)15(21)10-17(18)23/h3,6-7,9-12H,4-5,8H2,1-2H3. The molecule has 2 aromatic rings. The van der Waals surface area contributed by atoms with Crippen LogP contribution < -0.4 is 4.74 Å². The van der Waals surface area contributed by atoms with Crippen LogP contribution in [0, 0.1) is 5.92 Å². The van der Waals surface area contributed by atoms with E-state index in [9.17, 15) is 9.59 Å². The number of rotatable bonds is 7. The molecule has 0 heterocycles. The minimum absolute atomic E-state index is 0.0812. The van der Waals surface area contributed by atoms with E-state index in [-0.39, 0.29) is 31.9 Å². The molecule has 0 aliphatic heterocycles. The number of halogens is 3. The Kier molecular flexibility index (Phi) is 7.96. The molecule has 4 nitrogen and oxygen atoms in total. The maximum atomic E-state index is 12.4. The van der Waals surface area contributed by atoms with Gasteiger partial charge in [0.1, 0.15) is 0 Å². The van der Waals surface area contributed by atoms with Gasteiger partial charge >= 0.3 is 11.9 Å². The maximum absolute atomic E-state index is 12.4. The zero-order valence-corrected chi connectivity index (χ0v) is 17.2. The van der Waals surface area contributed by atoms with Gasteiger partial charge in [0.15, 0.2) is 5.75 Å². The van der Waals surface area contributed by atoms with Crippen molar-refractivity contribution in [3.05, 3.63) is 62.6 Å². The number of benzene rings is 2. The normalized spacial score (nSPS) is 10.7. The second kappa shape index (κ2) is 9.98. The van der Waals surface area contributed by atoms with E-state index in [0.29, 0.717) is 12.5 Å². The summed E-state index contributed by atoms with van der Waals surface area (Å²) in [6.07, 6.45) is 1.77. The highest BCUT2D eigenvalue weighted by Gasteiger charge is 2.16. The van der Waals surface area contributed by atoms with Crippen molar-refractivity contribution in [2.24, 2.45) is 5.92 Å². The quantitative estimate of drug-likeness (QED) is 0.219. The second-order valence-corrected chi connectivity index (χ2v) is 7.56. The molecule has 0 fully saturated rings. The zero-order valence-electron chi connectivity index (χ0n) is 14.9. The Hall–Kier alpha value is -1.75. The molecule has 0 aromatic heterocycles. The van der Waals surface area contributed by atoms with Crippen molar-refractivity contribution in [3.8, 4) is 5.75 Å². The monoisotopic (exact) mass is 428 g/mol. The van der Waals surface area contributed by atoms with E-state index < -0.39 is 11.9 Å². The molecule has 2 aromatic carbocycles. The molecule has 0 N–H and O–H groups in total. The Balaban J connectivity index is 2.05. The number of hydrogen-bond acceptors (Lipinski definition) is 4. The number of ether oxygens (including phenoxy) is 2. The SMILES string of the molecule is CC(C)CCCOC(=O)c1cccc(C(=O)Oc2cc(Cl)c(Cl)cc2Cl)c1. The Morgan fingerprint density at radius 2 is 1.56 bits per heavy atom. The van der Waals surface area contributed by atoms with Crippen molar-refractivity contribution in [1.29, 1.82) is 0 Å². The van der Waals surface area contributed by atoms with E-state index in [0.717, 1.165) is 12.8 Å². The van der Waals surface area contributed by atoms with Crippen LogP contribution in [0.15, 0.2) is 36.4 Å². The predicted octanol–water partition coefficient (Wildman–Crippen LogP) is 6.46. The van der Waals surface area contributed by atoms with Crippen LogP contribution in [0.4, 0.5) is 0 Å². The van der Waals surface area contributed by atoms with Crippen molar-refractivity contribution >= 4 is 46.7 Å². The molecule has 0 bridgehead atoms. The second-order valence-electron chi connectivity index (χ2n) is 6.34. The maximum Gasteiger partial charge on any atom is 0.343 e. The fourth-order valence-electron chi connectivity index (χ4n) is 2.25. The van der Waals surface area contributed by atoms with Gasteiger partial charge < -0.3 is 9.47 Å². The van der Waals surface area contributed by atoms with E-state index in [4.69, 9.17) is 44.3 Å². The van der Waals surface area contributed by atoms with Crippen molar-refractivity contribution in [2.75, 3.05) is 6.61 Å². The van der Waals surface area contributed by atoms with Gasteiger partial charge in [-0.3, -0.25) is 0 Å². The fraction of sp³-hybridized carbons (Fsp3) is 0.300. The lowest BCUT2D eigenvalue weighted by molar-refractivity contribution is 0.0494. The largest absolute Gasteiger partial charge is 0.462 e. The number of carbonyl (C=O) groups excluding carboxylic acids is 2. The van der Waals surface area contributed by atoms with Crippen LogP contribution >= 0.6 is 34.8 Å². The highest BCUT2D eigenvalue weighted by molar-refractivity contribution is 6.43. The van der Waals surface area contributed by atoms with Crippen molar-refractivity contribution in [1.82, 2.24) is 0 Å². The van der Waals surface area contributed by atoms with Gasteiger partial charge in [-0.2, -0.15) is 0 Å². The van der Waals surface area contributed by atoms with E-state index in [1.807, 2.05) is 0 Å². The summed E-state index contributed by atoms with van der Waals surface area (Å²) < 4.78 is 10.5. The lowest BCUT2D eigenvalue weighted by Gasteiger charge is -2.09. The van der Waals surface area contributed by atoms with Crippen LogP contribution in [0.25, 0.3) is 0 Å². The Morgan fingerprint density at radius 1 is 0.926 bits per heavy atom. The van der Waals surface area contributed by atoms with E-state index in [1.165, 1.54) is 24.3 Å². The minimum atomic E-state index is -0.676. The van der Waals surface area contributed by atoms with Gasteiger partial charge in [0.2, 0.25) is 0 Å². The van der Waals surface area contributed by atoms with E-state index in [2.05, 4.69) is 13.8 Å². The summed E-state index contributed by atoms with van der Waals surface area (Å²) in [7, 11) is 0. The fourth-order valence-corrected chi connectivity index (χ4v) is 2.83. The molecular weight excluding hydrogens is 411 g/mol. The molecule has 0 radical (unpaired) electrons. The minimum Gasteiger partial charge on any atom is -0.462 e. The molecule has 0 atom stereocenters. The molecule has 7 heteroatoms. The third-order valence-electron chi connectivity index (χ3n) is 3.67. The number of carbonyl (C=O) groups is 2. The molecule has 0 aliphatic carbocycles. The van der Waals surface area contributed by atoms with Crippen LogP contribution in [-0.2, 0) is 4.74 Å². The van der Waals surface area contributed by atoms with Crippen molar-refractivity contribution < 1.29 is 19.1 Å². The number of hydrogen-bond donors (Lipinski definition) is 0. The molecule has 144 valence electrons. The molecule has 0 amide bonds. The Bertz CT molecular complexity index is 834. The predicted molar refractivity (Wildman–Crippen MR) is 107 cm³/mol. The average Bonchev–Trinajstić information content (AvgIpc) is 2.63. The third-order valence-corrected chi connectivity index (χ3v) is 4.69. The van der Waals surface area contributed by atoms with Crippen LogP contribution in [0.1, 0.15) is 47.4 Å². The molecular formula is C20H19Cl3O4. The zero-order chi connectivity index (χ0) is 20.0. The molecule has 27 heavy (non-hydrogen) atoms. The first-order chi connectivity index (χ1) is 12.8. The van der Waals surface area contributed by atoms with Crippen LogP contribution in [0.5, 0.6) is 5.75 Å². The number of esters is 2. The summed E-state index contributed by atoms with van der Waals surface area (Å²) in [4.78, 5) is 24.5. The van der Waals surface area contributed by atoms with Crippen molar-refractivity contribution in [3.63, 3.8) is 0 Å². The summed E-state index contributed by atoms with van der Waals surface area (Å²) in [5.41, 5.74) is 0.461. The van der Waals surface area contributed by atoms with Gasteiger partial charge in [-0.15, -0.1) is 0 Å². The van der Waals surface area contributed by atoms with Gasteiger partial charge in [-0.25, -0.2) is 9.59 Å². The van der Waals surface area contributed by atoms with Crippen molar-refractivity contribution in [2.45, 2.75) is 26.7 Å². The molecule has 0 saturated carbocycles. The summed E-state index contributed by atoms with van der Waals surface area (Å²) in [6.45, 7) is 4.55. The first-order valence-electron chi connectivity index (χ1n) is 8.42. The molecule has 0 aliphatic rings.